The third kappa shape index (κ3) is 2.38. The van der Waals surface area contributed by atoms with Crippen LogP contribution in [0.2, 0.25) is 0 Å². The fourth-order valence-electron chi connectivity index (χ4n) is 2.18. The third-order valence-electron chi connectivity index (χ3n) is 3.13. The van der Waals surface area contributed by atoms with Crippen LogP contribution in [-0.2, 0) is 16.1 Å². The number of halogens is 1. The SMILES string of the molecule is Cc1cnc2c(c1)nc(-c1ccncc1S(=O)(=O)Cl)n2C. The second kappa shape index (κ2) is 4.78. The van der Waals surface area contributed by atoms with Gasteiger partial charge in [0.05, 0.1) is 0 Å². The van der Waals surface area contributed by atoms with Crippen LogP contribution in [0.15, 0.2) is 35.6 Å². The second-order valence-electron chi connectivity index (χ2n) is 4.66. The average Bonchev–Trinajstić information content (AvgIpc) is 2.74. The van der Waals surface area contributed by atoms with E-state index in [0.717, 1.165) is 5.56 Å². The van der Waals surface area contributed by atoms with Gasteiger partial charge in [0.2, 0.25) is 0 Å². The average molecular weight is 323 g/mol. The van der Waals surface area contributed by atoms with Gasteiger partial charge in [-0.25, -0.2) is 18.4 Å². The number of aromatic nitrogens is 4. The molecule has 3 heterocycles. The van der Waals surface area contributed by atoms with Crippen LogP contribution in [0.5, 0.6) is 0 Å². The maximum absolute atomic E-state index is 11.7. The Morgan fingerprint density at radius 1 is 1.29 bits per heavy atom. The van der Waals surface area contributed by atoms with Crippen molar-refractivity contribution in [2.24, 2.45) is 7.05 Å². The molecule has 0 atom stereocenters. The van der Waals surface area contributed by atoms with Crippen LogP contribution in [-0.4, -0.2) is 27.9 Å². The smallest absolute Gasteiger partial charge is 0.263 e. The molecule has 0 amide bonds. The summed E-state index contributed by atoms with van der Waals surface area (Å²) in [6.07, 6.45) is 4.45. The lowest BCUT2D eigenvalue weighted by Gasteiger charge is -2.05. The highest BCUT2D eigenvalue weighted by Gasteiger charge is 2.21. The van der Waals surface area contributed by atoms with Gasteiger partial charge in [0.15, 0.2) is 5.65 Å². The molecule has 0 radical (unpaired) electrons. The van der Waals surface area contributed by atoms with E-state index in [0.29, 0.717) is 22.6 Å². The molecule has 0 spiro atoms. The molecule has 0 saturated heterocycles. The van der Waals surface area contributed by atoms with E-state index in [4.69, 9.17) is 10.7 Å². The van der Waals surface area contributed by atoms with Crippen LogP contribution in [0.3, 0.4) is 0 Å². The molecule has 0 bridgehead atoms. The van der Waals surface area contributed by atoms with Gasteiger partial charge in [0.1, 0.15) is 16.2 Å². The molecule has 0 aliphatic heterocycles. The number of nitrogens with zero attached hydrogens (tertiary/aromatic N) is 4. The predicted octanol–water partition coefficient (Wildman–Crippen LogP) is 2.27. The molecule has 3 aromatic heterocycles. The zero-order chi connectivity index (χ0) is 15.2. The Morgan fingerprint density at radius 2 is 2.05 bits per heavy atom. The summed E-state index contributed by atoms with van der Waals surface area (Å²) in [7, 11) is 3.34. The Hall–Kier alpha value is -1.99. The number of imidazole rings is 1. The summed E-state index contributed by atoms with van der Waals surface area (Å²) < 4.78 is 25.1. The van der Waals surface area contributed by atoms with Gasteiger partial charge in [-0.2, -0.15) is 0 Å². The van der Waals surface area contributed by atoms with E-state index in [2.05, 4.69) is 15.0 Å². The van der Waals surface area contributed by atoms with Gasteiger partial charge in [-0.05, 0) is 24.6 Å². The molecule has 3 aromatic rings. The Bertz CT molecular complexity index is 950. The molecule has 108 valence electrons. The van der Waals surface area contributed by atoms with Gasteiger partial charge in [0, 0.05) is 41.9 Å². The normalized spacial score (nSPS) is 12.0. The van der Waals surface area contributed by atoms with Gasteiger partial charge < -0.3 is 4.57 Å². The first-order valence-electron chi connectivity index (χ1n) is 6.06. The number of hydrogen-bond acceptors (Lipinski definition) is 5. The Labute approximate surface area is 125 Å². The van der Waals surface area contributed by atoms with Crippen molar-refractivity contribution in [1.82, 2.24) is 19.5 Å². The van der Waals surface area contributed by atoms with Crippen LogP contribution in [0.1, 0.15) is 5.56 Å². The fraction of sp³-hybridized carbons (Fsp3) is 0.154. The minimum absolute atomic E-state index is 0.0678. The topological polar surface area (TPSA) is 77.7 Å². The van der Waals surface area contributed by atoms with Crippen molar-refractivity contribution in [3.63, 3.8) is 0 Å². The summed E-state index contributed by atoms with van der Waals surface area (Å²) in [6, 6.07) is 3.46. The highest BCUT2D eigenvalue weighted by Crippen LogP contribution is 2.29. The van der Waals surface area contributed by atoms with E-state index < -0.39 is 9.05 Å². The van der Waals surface area contributed by atoms with Gasteiger partial charge in [-0.1, -0.05) is 0 Å². The number of fused-ring (bicyclic) bond motifs is 1. The fourth-order valence-corrected chi connectivity index (χ4v) is 3.15. The standard InChI is InChI=1S/C13H11ClN4O2S/c1-8-5-10-13(16-6-8)18(2)12(17-10)9-3-4-15-7-11(9)21(14,19)20/h3-7H,1-2H3. The van der Waals surface area contributed by atoms with Crippen molar-refractivity contribution in [3.8, 4) is 11.4 Å². The van der Waals surface area contributed by atoms with Crippen molar-refractivity contribution in [2.75, 3.05) is 0 Å². The summed E-state index contributed by atoms with van der Waals surface area (Å²) in [5, 5.41) is 0. The van der Waals surface area contributed by atoms with Gasteiger partial charge in [0.25, 0.3) is 9.05 Å². The molecule has 0 aliphatic carbocycles. The first-order valence-corrected chi connectivity index (χ1v) is 8.37. The molecular weight excluding hydrogens is 312 g/mol. The first-order chi connectivity index (χ1) is 9.88. The molecule has 0 unspecified atom stereocenters. The number of rotatable bonds is 2. The molecule has 0 aliphatic rings. The third-order valence-corrected chi connectivity index (χ3v) is 4.48. The number of aryl methyl sites for hydroxylation is 2. The molecule has 0 aromatic carbocycles. The zero-order valence-corrected chi connectivity index (χ0v) is 12.9. The van der Waals surface area contributed by atoms with Crippen molar-refractivity contribution in [1.29, 1.82) is 0 Å². The van der Waals surface area contributed by atoms with Crippen LogP contribution in [0.25, 0.3) is 22.6 Å². The lowest BCUT2D eigenvalue weighted by molar-refractivity contribution is 0.609. The zero-order valence-electron chi connectivity index (χ0n) is 11.3. The molecule has 0 fully saturated rings. The van der Waals surface area contributed by atoms with E-state index in [1.165, 1.54) is 12.4 Å². The molecule has 21 heavy (non-hydrogen) atoms. The Morgan fingerprint density at radius 3 is 2.76 bits per heavy atom. The predicted molar refractivity (Wildman–Crippen MR) is 79.5 cm³/mol. The number of pyridine rings is 2. The summed E-state index contributed by atoms with van der Waals surface area (Å²) in [5.41, 5.74) is 2.75. The minimum Gasteiger partial charge on any atom is -0.312 e. The minimum atomic E-state index is -3.91. The van der Waals surface area contributed by atoms with Crippen LogP contribution in [0.4, 0.5) is 0 Å². The van der Waals surface area contributed by atoms with E-state index in [1.807, 2.05) is 13.0 Å². The summed E-state index contributed by atoms with van der Waals surface area (Å²) in [5.74, 6) is 0.477. The Kier molecular flexibility index (Phi) is 3.18. The quantitative estimate of drug-likeness (QED) is 0.676. The highest BCUT2D eigenvalue weighted by atomic mass is 35.7. The molecular formula is C13H11ClN4O2S. The maximum Gasteiger partial charge on any atom is 0.263 e. The monoisotopic (exact) mass is 322 g/mol. The van der Waals surface area contributed by atoms with E-state index in [1.54, 1.807) is 23.9 Å². The highest BCUT2D eigenvalue weighted by molar-refractivity contribution is 8.13. The van der Waals surface area contributed by atoms with Crippen LogP contribution < -0.4 is 0 Å². The first kappa shape index (κ1) is 14.0. The molecule has 6 nitrogen and oxygen atoms in total. The number of hydrogen-bond donors (Lipinski definition) is 0. The van der Waals surface area contributed by atoms with E-state index in [-0.39, 0.29) is 4.90 Å². The molecule has 3 rings (SSSR count). The molecule has 0 saturated carbocycles. The van der Waals surface area contributed by atoms with Crippen molar-refractivity contribution >= 4 is 30.9 Å². The van der Waals surface area contributed by atoms with E-state index >= 15 is 0 Å². The lowest BCUT2D eigenvalue weighted by Crippen LogP contribution is -2.00. The second-order valence-corrected chi connectivity index (χ2v) is 7.19. The lowest BCUT2D eigenvalue weighted by atomic mass is 10.2. The van der Waals surface area contributed by atoms with Gasteiger partial charge >= 0.3 is 0 Å². The summed E-state index contributed by atoms with van der Waals surface area (Å²) in [4.78, 5) is 12.5. The largest absolute Gasteiger partial charge is 0.312 e. The van der Waals surface area contributed by atoms with Gasteiger partial charge in [-0.15, -0.1) is 0 Å². The van der Waals surface area contributed by atoms with Crippen molar-refractivity contribution < 1.29 is 8.42 Å². The van der Waals surface area contributed by atoms with E-state index in [9.17, 15) is 8.42 Å². The summed E-state index contributed by atoms with van der Waals surface area (Å²) in [6.45, 7) is 1.92. The van der Waals surface area contributed by atoms with Crippen molar-refractivity contribution in [3.05, 3.63) is 36.3 Å². The van der Waals surface area contributed by atoms with Crippen LogP contribution in [0, 0.1) is 6.92 Å². The maximum atomic E-state index is 11.7. The molecule has 0 N–H and O–H groups in total. The Balaban J connectivity index is 2.34. The van der Waals surface area contributed by atoms with Gasteiger partial charge in [-0.3, -0.25) is 4.98 Å². The molecule has 8 heteroatoms. The summed E-state index contributed by atoms with van der Waals surface area (Å²) >= 11 is 0. The van der Waals surface area contributed by atoms with Crippen LogP contribution >= 0.6 is 10.7 Å². The van der Waals surface area contributed by atoms with Crippen molar-refractivity contribution in [2.45, 2.75) is 11.8 Å².